The van der Waals surface area contributed by atoms with Gasteiger partial charge in [0, 0.05) is 53.7 Å². The molecule has 6 nitrogen and oxygen atoms in total. The van der Waals surface area contributed by atoms with E-state index in [9.17, 15) is 9.59 Å². The Balaban J connectivity index is 1.48. The Labute approximate surface area is 188 Å². The molecule has 1 saturated heterocycles. The molecule has 2 heterocycles. The van der Waals surface area contributed by atoms with Crippen LogP contribution in [0.3, 0.4) is 0 Å². The Morgan fingerprint density at radius 2 is 1.43 bits per heavy atom. The molecule has 0 saturated carbocycles. The fraction of sp³-hybridized carbons (Fsp3) is 0.190. The molecule has 1 N–H and O–H groups in total. The van der Waals surface area contributed by atoms with E-state index in [1.165, 1.54) is 0 Å². The number of carbonyl (C=O) groups excluding carboxylic acids is 2. The van der Waals surface area contributed by atoms with Crippen molar-refractivity contribution in [2.45, 2.75) is 0 Å². The quantitative estimate of drug-likeness (QED) is 0.587. The molecule has 9 heteroatoms. The average molecular weight is 461 g/mol. The third-order valence-electron chi connectivity index (χ3n) is 4.97. The van der Waals surface area contributed by atoms with E-state index >= 15 is 0 Å². The van der Waals surface area contributed by atoms with Crippen molar-refractivity contribution in [1.29, 1.82) is 0 Å². The Morgan fingerprint density at radius 1 is 0.867 bits per heavy atom. The molecule has 0 bridgehead atoms. The molecule has 2 aromatic carbocycles. The van der Waals surface area contributed by atoms with E-state index in [-0.39, 0.29) is 11.8 Å². The minimum atomic E-state index is -0.152. The lowest BCUT2D eigenvalue weighted by molar-refractivity contribution is 0.0531. The van der Waals surface area contributed by atoms with Gasteiger partial charge in [-0.25, -0.2) is 0 Å². The normalized spacial score (nSPS) is 14.1. The molecule has 0 radical (unpaired) electrons. The molecule has 0 spiro atoms. The van der Waals surface area contributed by atoms with Crippen LogP contribution < -0.4 is 0 Å². The number of amides is 2. The largest absolute Gasteiger partial charge is 0.336 e. The molecule has 1 aliphatic rings. The number of rotatable bonds is 3. The number of carbonyl (C=O) groups is 2. The molecule has 1 aliphatic heterocycles. The molecular weight excluding hydrogens is 443 g/mol. The highest BCUT2D eigenvalue weighted by Gasteiger charge is 2.27. The van der Waals surface area contributed by atoms with E-state index in [0.717, 1.165) is 5.69 Å². The maximum atomic E-state index is 13.1. The second-order valence-electron chi connectivity index (χ2n) is 6.89. The zero-order chi connectivity index (χ0) is 21.3. The number of hydrogen-bond donors (Lipinski definition) is 1. The lowest BCUT2D eigenvalue weighted by Gasteiger charge is -2.35. The first-order valence-electron chi connectivity index (χ1n) is 9.34. The lowest BCUT2D eigenvalue weighted by atomic mass is 10.1. The summed E-state index contributed by atoms with van der Waals surface area (Å²) in [6, 6.07) is 14.3. The summed E-state index contributed by atoms with van der Waals surface area (Å²) in [6.45, 7) is 1.69. The van der Waals surface area contributed by atoms with Crippen molar-refractivity contribution in [3.63, 3.8) is 0 Å². The number of hydrogen-bond acceptors (Lipinski definition) is 3. The van der Waals surface area contributed by atoms with Gasteiger partial charge in [0.25, 0.3) is 11.8 Å². The molecule has 2 amide bonds. The summed E-state index contributed by atoms with van der Waals surface area (Å²) in [6.07, 6.45) is 1.63. The smallest absolute Gasteiger partial charge is 0.272 e. The summed E-state index contributed by atoms with van der Waals surface area (Å²) in [5, 5.41) is 0.828. The van der Waals surface area contributed by atoms with Crippen molar-refractivity contribution in [3.8, 4) is 5.69 Å². The summed E-state index contributed by atoms with van der Waals surface area (Å²) in [7, 11) is 0. The zero-order valence-corrected chi connectivity index (χ0v) is 18.2. The van der Waals surface area contributed by atoms with Gasteiger partial charge in [-0.2, -0.15) is 0 Å². The van der Waals surface area contributed by atoms with Crippen LogP contribution in [-0.4, -0.2) is 57.3 Å². The van der Waals surface area contributed by atoms with Gasteiger partial charge < -0.3 is 14.8 Å². The van der Waals surface area contributed by atoms with Gasteiger partial charge >= 0.3 is 0 Å². The molecule has 4 rings (SSSR count). The van der Waals surface area contributed by atoms with Gasteiger partial charge in [0.2, 0.25) is 0 Å². The van der Waals surface area contributed by atoms with Crippen molar-refractivity contribution >= 4 is 47.2 Å². The molecule has 154 valence electrons. The molecule has 30 heavy (non-hydrogen) atoms. The third kappa shape index (κ3) is 4.14. The number of nitrogens with zero attached hydrogens (tertiary/aromatic N) is 3. The summed E-state index contributed by atoms with van der Waals surface area (Å²) >= 11 is 17.4. The fourth-order valence-electron chi connectivity index (χ4n) is 3.49. The van der Waals surface area contributed by atoms with Gasteiger partial charge in [0.05, 0.1) is 0 Å². The summed E-state index contributed by atoms with van der Waals surface area (Å²) in [4.78, 5) is 32.3. The average Bonchev–Trinajstić information content (AvgIpc) is 3.14. The van der Waals surface area contributed by atoms with Crippen LogP contribution in [0.1, 0.15) is 20.8 Å². The Kier molecular flexibility index (Phi) is 5.94. The number of aromatic amines is 1. The summed E-state index contributed by atoms with van der Waals surface area (Å²) in [5.74, 6) is -0.288. The van der Waals surface area contributed by atoms with E-state index in [1.54, 1.807) is 38.8 Å². The van der Waals surface area contributed by atoms with E-state index in [0.29, 0.717) is 52.3 Å². The highest BCUT2D eigenvalue weighted by Crippen LogP contribution is 2.21. The number of aromatic nitrogens is 2. The molecule has 0 unspecified atom stereocenters. The van der Waals surface area contributed by atoms with Crippen LogP contribution in [0.25, 0.3) is 5.69 Å². The Morgan fingerprint density at radius 3 is 2.03 bits per heavy atom. The van der Waals surface area contributed by atoms with Crippen molar-refractivity contribution in [2.75, 3.05) is 26.2 Å². The van der Waals surface area contributed by atoms with Gasteiger partial charge in [-0.05, 0) is 42.5 Å². The van der Waals surface area contributed by atoms with Gasteiger partial charge in [-0.15, -0.1) is 0 Å². The predicted molar refractivity (Wildman–Crippen MR) is 119 cm³/mol. The number of piperazine rings is 1. The first kappa shape index (κ1) is 20.7. The zero-order valence-electron chi connectivity index (χ0n) is 15.8. The Hall–Kier alpha value is -2.61. The number of para-hydroxylation sites is 1. The van der Waals surface area contributed by atoms with Gasteiger partial charge in [-0.1, -0.05) is 41.4 Å². The van der Waals surface area contributed by atoms with Crippen LogP contribution >= 0.6 is 35.4 Å². The van der Waals surface area contributed by atoms with Gasteiger partial charge in [-0.3, -0.25) is 14.2 Å². The highest BCUT2D eigenvalue weighted by atomic mass is 35.5. The third-order valence-corrected chi connectivity index (χ3v) is 5.71. The minimum Gasteiger partial charge on any atom is -0.336 e. The monoisotopic (exact) mass is 460 g/mol. The fourth-order valence-corrected chi connectivity index (χ4v) is 4.28. The molecule has 1 aromatic heterocycles. The van der Waals surface area contributed by atoms with Gasteiger partial charge in [0.15, 0.2) is 4.77 Å². The number of imidazole rings is 1. The van der Waals surface area contributed by atoms with Crippen LogP contribution in [0.2, 0.25) is 10.0 Å². The number of nitrogens with one attached hydrogen (secondary N) is 1. The summed E-state index contributed by atoms with van der Waals surface area (Å²) < 4.78 is 2.18. The molecular formula is C21H18Cl2N4O2S. The highest BCUT2D eigenvalue weighted by molar-refractivity contribution is 7.71. The molecule has 0 atom stereocenters. The van der Waals surface area contributed by atoms with Crippen molar-refractivity contribution in [1.82, 2.24) is 19.4 Å². The first-order chi connectivity index (χ1) is 14.4. The first-order valence-corrected chi connectivity index (χ1v) is 10.5. The van der Waals surface area contributed by atoms with Crippen LogP contribution in [0, 0.1) is 4.77 Å². The van der Waals surface area contributed by atoms with Crippen LogP contribution in [0.15, 0.2) is 54.7 Å². The van der Waals surface area contributed by atoms with Crippen molar-refractivity contribution in [2.24, 2.45) is 0 Å². The SMILES string of the molecule is O=C(c1cc(Cl)cc(Cl)c1)N1CCN(C(=O)c2c[nH]c(=S)n2-c2ccccc2)CC1. The number of H-pyrrole nitrogens is 1. The van der Waals surface area contributed by atoms with E-state index in [1.807, 2.05) is 30.3 Å². The second-order valence-corrected chi connectivity index (χ2v) is 8.15. The van der Waals surface area contributed by atoms with E-state index < -0.39 is 0 Å². The molecule has 3 aromatic rings. The second kappa shape index (κ2) is 8.63. The van der Waals surface area contributed by atoms with Crippen LogP contribution in [0.4, 0.5) is 0 Å². The number of halogens is 2. The minimum absolute atomic E-state index is 0.135. The van der Waals surface area contributed by atoms with Crippen molar-refractivity contribution < 1.29 is 9.59 Å². The maximum Gasteiger partial charge on any atom is 0.272 e. The topological polar surface area (TPSA) is 61.3 Å². The van der Waals surface area contributed by atoms with E-state index in [4.69, 9.17) is 35.4 Å². The molecule has 1 fully saturated rings. The lowest BCUT2D eigenvalue weighted by Crippen LogP contribution is -2.50. The summed E-state index contributed by atoms with van der Waals surface area (Å²) in [5.41, 5.74) is 1.72. The van der Waals surface area contributed by atoms with Gasteiger partial charge in [0.1, 0.15) is 5.69 Å². The standard InChI is InChI=1S/C21H18Cl2N4O2S/c22-15-10-14(11-16(23)12-15)19(28)25-6-8-26(9-7-25)20(29)18-13-24-21(30)27(18)17-4-2-1-3-5-17/h1-5,10-13H,6-9H2,(H,24,30). The predicted octanol–water partition coefficient (Wildman–Crippen LogP) is 4.44. The van der Waals surface area contributed by atoms with E-state index in [2.05, 4.69) is 4.98 Å². The van der Waals surface area contributed by atoms with Crippen LogP contribution in [-0.2, 0) is 0 Å². The van der Waals surface area contributed by atoms with Crippen molar-refractivity contribution in [3.05, 3.63) is 80.8 Å². The maximum absolute atomic E-state index is 13.1. The van der Waals surface area contributed by atoms with Crippen LogP contribution in [0.5, 0.6) is 0 Å². The number of benzene rings is 2. The Bertz CT molecular complexity index is 1130. The molecule has 0 aliphatic carbocycles.